The zero-order valence-corrected chi connectivity index (χ0v) is 18.0. The molecular formula is C24H24FN5O2. The highest BCUT2D eigenvalue weighted by molar-refractivity contribution is 5.85. The molecule has 4 rings (SSSR count). The maximum atomic E-state index is 13.3. The van der Waals surface area contributed by atoms with Crippen molar-refractivity contribution in [1.82, 2.24) is 9.97 Å². The van der Waals surface area contributed by atoms with Gasteiger partial charge in [-0.05, 0) is 50.2 Å². The molecule has 164 valence electrons. The summed E-state index contributed by atoms with van der Waals surface area (Å²) < 4.78 is 18.6. The van der Waals surface area contributed by atoms with Crippen LogP contribution in [-0.2, 0) is 9.53 Å². The van der Waals surface area contributed by atoms with Crippen molar-refractivity contribution >= 4 is 28.5 Å². The molecule has 0 bridgehead atoms. The third-order valence-corrected chi connectivity index (χ3v) is 5.34. The molecule has 0 aliphatic carbocycles. The van der Waals surface area contributed by atoms with E-state index in [0.717, 1.165) is 5.69 Å². The molecule has 0 N–H and O–H groups in total. The number of benzene rings is 2. The Labute approximate surface area is 186 Å². The summed E-state index contributed by atoms with van der Waals surface area (Å²) in [5.41, 5.74) is 2.58. The third kappa shape index (κ3) is 4.47. The van der Waals surface area contributed by atoms with Gasteiger partial charge in [0.05, 0.1) is 23.2 Å². The Balaban J connectivity index is 1.65. The summed E-state index contributed by atoms with van der Waals surface area (Å²) in [6.45, 7) is 6.10. The van der Waals surface area contributed by atoms with E-state index in [1.165, 1.54) is 12.1 Å². The average Bonchev–Trinajstić information content (AvgIpc) is 2.79. The van der Waals surface area contributed by atoms with Crippen LogP contribution in [0, 0.1) is 17.1 Å². The number of hydrogen-bond acceptors (Lipinski definition) is 7. The summed E-state index contributed by atoms with van der Waals surface area (Å²) in [6.07, 6.45) is -0.338. The van der Waals surface area contributed by atoms with Gasteiger partial charge < -0.3 is 14.5 Å². The van der Waals surface area contributed by atoms with E-state index < -0.39 is 11.9 Å². The van der Waals surface area contributed by atoms with E-state index in [2.05, 4.69) is 16.0 Å². The Bertz CT molecular complexity index is 1150. The number of carbonyl (C=O) groups excluding carboxylic acids is 1. The molecule has 32 heavy (non-hydrogen) atoms. The van der Waals surface area contributed by atoms with E-state index in [4.69, 9.17) is 9.72 Å². The molecule has 2 heterocycles. The fraction of sp³-hybridized carbons (Fsp3) is 0.333. The summed E-state index contributed by atoms with van der Waals surface area (Å²) >= 11 is 0. The van der Waals surface area contributed by atoms with Gasteiger partial charge in [0.2, 0.25) is 0 Å². The van der Waals surface area contributed by atoms with Gasteiger partial charge in [-0.1, -0.05) is 12.1 Å². The number of esters is 1. The average molecular weight is 433 g/mol. The quantitative estimate of drug-likeness (QED) is 0.568. The van der Waals surface area contributed by atoms with Crippen LogP contribution in [-0.4, -0.2) is 48.2 Å². The Hall–Kier alpha value is -3.73. The van der Waals surface area contributed by atoms with Crippen molar-refractivity contribution in [1.29, 1.82) is 5.26 Å². The van der Waals surface area contributed by atoms with Crippen LogP contribution in [0.1, 0.15) is 25.5 Å². The largest absolute Gasteiger partial charge is 0.462 e. The molecule has 0 amide bonds. The fourth-order valence-corrected chi connectivity index (χ4v) is 3.78. The number of fused-ring (bicyclic) bond motifs is 1. The maximum absolute atomic E-state index is 13.3. The number of carbonyl (C=O) groups is 1. The molecule has 8 heteroatoms. The highest BCUT2D eigenvalue weighted by Gasteiger charge is 2.31. The lowest BCUT2D eigenvalue weighted by molar-refractivity contribution is -0.147. The molecule has 1 aliphatic heterocycles. The van der Waals surface area contributed by atoms with Crippen LogP contribution in [0.3, 0.4) is 0 Å². The second kappa shape index (κ2) is 9.18. The van der Waals surface area contributed by atoms with Crippen LogP contribution in [0.4, 0.5) is 15.9 Å². The molecule has 1 aliphatic rings. The molecule has 0 radical (unpaired) electrons. The molecule has 2 aromatic carbocycles. The third-order valence-electron chi connectivity index (χ3n) is 5.34. The number of halogens is 1. The molecule has 1 fully saturated rings. The summed E-state index contributed by atoms with van der Waals surface area (Å²) in [7, 11) is 0. The first-order valence-corrected chi connectivity index (χ1v) is 10.6. The summed E-state index contributed by atoms with van der Waals surface area (Å²) in [4.78, 5) is 26.3. The van der Waals surface area contributed by atoms with Gasteiger partial charge in [-0.2, -0.15) is 5.26 Å². The van der Waals surface area contributed by atoms with Gasteiger partial charge in [0, 0.05) is 31.9 Å². The minimum atomic E-state index is -1.17. The van der Waals surface area contributed by atoms with Gasteiger partial charge in [0.25, 0.3) is 0 Å². The van der Waals surface area contributed by atoms with Crippen molar-refractivity contribution < 1.29 is 13.9 Å². The van der Waals surface area contributed by atoms with E-state index in [1.807, 2.05) is 29.2 Å². The summed E-state index contributed by atoms with van der Waals surface area (Å²) in [5, 5.41) is 9.79. The van der Waals surface area contributed by atoms with Crippen LogP contribution in [0.2, 0.25) is 0 Å². The van der Waals surface area contributed by atoms with E-state index in [9.17, 15) is 14.4 Å². The van der Waals surface area contributed by atoms with Gasteiger partial charge in [0.1, 0.15) is 11.5 Å². The molecule has 0 saturated carbocycles. The number of nitrogens with zero attached hydrogens (tertiary/aromatic N) is 5. The number of hydrogen-bond donors (Lipinski definition) is 0. The molecule has 1 atom stereocenters. The topological polar surface area (TPSA) is 82.3 Å². The molecule has 3 aromatic rings. The molecule has 0 unspecified atom stereocenters. The summed E-state index contributed by atoms with van der Waals surface area (Å²) in [6, 6.07) is 15.9. The normalized spacial score (nSPS) is 15.0. The predicted molar refractivity (Wildman–Crippen MR) is 120 cm³/mol. The lowest BCUT2D eigenvalue weighted by Gasteiger charge is -2.37. The van der Waals surface area contributed by atoms with Gasteiger partial charge in [0.15, 0.2) is 11.7 Å². The Kier molecular flexibility index (Phi) is 6.17. The Morgan fingerprint density at radius 1 is 1.00 bits per heavy atom. The van der Waals surface area contributed by atoms with Crippen LogP contribution >= 0.6 is 0 Å². The van der Waals surface area contributed by atoms with Crippen molar-refractivity contribution in [2.24, 2.45) is 0 Å². The second-order valence-electron chi connectivity index (χ2n) is 7.92. The first-order chi connectivity index (χ1) is 15.5. The molecule has 1 saturated heterocycles. The zero-order chi connectivity index (χ0) is 22.7. The van der Waals surface area contributed by atoms with Gasteiger partial charge in [-0.25, -0.2) is 14.4 Å². The first-order valence-electron chi connectivity index (χ1n) is 10.6. The van der Waals surface area contributed by atoms with Crippen LogP contribution in [0.5, 0.6) is 0 Å². The Morgan fingerprint density at radius 2 is 1.59 bits per heavy atom. The van der Waals surface area contributed by atoms with Crippen LogP contribution in [0.25, 0.3) is 11.0 Å². The number of rotatable bonds is 5. The van der Waals surface area contributed by atoms with Crippen LogP contribution in [0.15, 0.2) is 48.5 Å². The van der Waals surface area contributed by atoms with Gasteiger partial charge in [-0.3, -0.25) is 4.79 Å². The number of ether oxygens (including phenoxy) is 1. The number of nitriles is 1. The van der Waals surface area contributed by atoms with Crippen LogP contribution < -0.4 is 9.80 Å². The number of aromatic nitrogens is 2. The molecule has 7 nitrogen and oxygen atoms in total. The monoisotopic (exact) mass is 433 g/mol. The summed E-state index contributed by atoms with van der Waals surface area (Å²) in [5.74, 6) is -1.54. The molecule has 0 spiro atoms. The molecular weight excluding hydrogens is 409 g/mol. The van der Waals surface area contributed by atoms with Gasteiger partial charge >= 0.3 is 5.97 Å². The fourth-order valence-electron chi connectivity index (χ4n) is 3.78. The van der Waals surface area contributed by atoms with Crippen molar-refractivity contribution in [3.63, 3.8) is 0 Å². The van der Waals surface area contributed by atoms with E-state index in [0.29, 0.717) is 48.7 Å². The second-order valence-corrected chi connectivity index (χ2v) is 7.92. The van der Waals surface area contributed by atoms with E-state index >= 15 is 0 Å². The minimum absolute atomic E-state index is 0.265. The van der Waals surface area contributed by atoms with E-state index in [-0.39, 0.29) is 11.9 Å². The lowest BCUT2D eigenvalue weighted by atomic mass is 10.1. The van der Waals surface area contributed by atoms with Crippen molar-refractivity contribution in [2.75, 3.05) is 36.0 Å². The lowest BCUT2D eigenvalue weighted by Crippen LogP contribution is -2.47. The SMILES string of the molecule is CC(C)OC(=O)[C@H](C#N)c1nc2ccccc2nc1N1CCN(c2ccc(F)cc2)CC1. The number of piperazine rings is 1. The number of para-hydroxylation sites is 2. The zero-order valence-electron chi connectivity index (χ0n) is 18.0. The maximum Gasteiger partial charge on any atom is 0.329 e. The predicted octanol–water partition coefficient (Wildman–Crippen LogP) is 3.65. The van der Waals surface area contributed by atoms with E-state index in [1.54, 1.807) is 26.0 Å². The Morgan fingerprint density at radius 3 is 2.19 bits per heavy atom. The minimum Gasteiger partial charge on any atom is -0.462 e. The highest BCUT2D eigenvalue weighted by atomic mass is 19.1. The van der Waals surface area contributed by atoms with Crippen molar-refractivity contribution in [2.45, 2.75) is 25.9 Å². The highest BCUT2D eigenvalue weighted by Crippen LogP contribution is 2.29. The van der Waals surface area contributed by atoms with Gasteiger partial charge in [-0.15, -0.1) is 0 Å². The smallest absolute Gasteiger partial charge is 0.329 e. The van der Waals surface area contributed by atoms with Crippen molar-refractivity contribution in [3.05, 3.63) is 60.0 Å². The number of anilines is 2. The first kappa shape index (κ1) is 21.5. The van der Waals surface area contributed by atoms with Crippen molar-refractivity contribution in [3.8, 4) is 6.07 Å². The molecule has 1 aromatic heterocycles. The standard InChI is InChI=1S/C24H24FN5O2/c1-16(2)32-24(31)19(15-26)22-23(28-21-6-4-3-5-20(21)27-22)30-13-11-29(12-14-30)18-9-7-17(25)8-10-18/h3-10,16,19H,11-14H2,1-2H3/t19-/m1/s1.